The van der Waals surface area contributed by atoms with Gasteiger partial charge < -0.3 is 14.6 Å². The van der Waals surface area contributed by atoms with Crippen LogP contribution in [0.4, 0.5) is 0 Å². The number of fused-ring (bicyclic) bond motifs is 2. The monoisotopic (exact) mass is 220 g/mol. The second-order valence-electron chi connectivity index (χ2n) is 4.62. The van der Waals surface area contributed by atoms with Gasteiger partial charge in [-0.25, -0.2) is 0 Å². The van der Waals surface area contributed by atoms with Crippen molar-refractivity contribution in [1.29, 1.82) is 0 Å². The maximum absolute atomic E-state index is 9.98. The molecule has 3 rings (SSSR count). The van der Waals surface area contributed by atoms with Gasteiger partial charge in [-0.1, -0.05) is 6.92 Å². The van der Waals surface area contributed by atoms with Crippen LogP contribution in [0.15, 0.2) is 12.1 Å². The molecule has 0 saturated carbocycles. The number of aliphatic hydroxyl groups is 1. The lowest BCUT2D eigenvalue weighted by atomic mass is 9.82. The molecular formula is C13H16O3. The van der Waals surface area contributed by atoms with Gasteiger partial charge >= 0.3 is 0 Å². The molecule has 0 aromatic heterocycles. The molecule has 1 heterocycles. The average Bonchev–Trinajstić information content (AvgIpc) is 2.32. The third-order valence-electron chi connectivity index (χ3n) is 3.51. The van der Waals surface area contributed by atoms with Gasteiger partial charge in [0.25, 0.3) is 0 Å². The smallest absolute Gasteiger partial charge is 0.161 e. The van der Waals surface area contributed by atoms with Crippen LogP contribution >= 0.6 is 0 Å². The Morgan fingerprint density at radius 1 is 1.06 bits per heavy atom. The molecule has 0 spiro atoms. The van der Waals surface area contributed by atoms with E-state index in [1.165, 1.54) is 5.56 Å². The summed E-state index contributed by atoms with van der Waals surface area (Å²) < 4.78 is 11.1. The third kappa shape index (κ3) is 1.47. The zero-order chi connectivity index (χ0) is 11.1. The van der Waals surface area contributed by atoms with Gasteiger partial charge in [0.15, 0.2) is 11.5 Å². The van der Waals surface area contributed by atoms with Crippen LogP contribution in [0.1, 0.15) is 42.9 Å². The zero-order valence-corrected chi connectivity index (χ0v) is 9.40. The van der Waals surface area contributed by atoms with Crippen molar-refractivity contribution in [3.05, 3.63) is 23.3 Å². The first kappa shape index (κ1) is 9.97. The minimum absolute atomic E-state index is 0.345. The highest BCUT2D eigenvalue weighted by Crippen LogP contribution is 2.43. The standard InChI is InChI=1S/C13H16O3/c1-8-2-3-11(14)10-7-13-12(6-9(8)10)15-4-5-16-13/h6-8,11,14H,2-5H2,1H3/t8?,11-/m0/s1. The molecule has 16 heavy (non-hydrogen) atoms. The van der Waals surface area contributed by atoms with Crippen molar-refractivity contribution < 1.29 is 14.6 Å². The van der Waals surface area contributed by atoms with Crippen LogP contribution in [-0.2, 0) is 0 Å². The third-order valence-corrected chi connectivity index (χ3v) is 3.51. The van der Waals surface area contributed by atoms with E-state index in [1.54, 1.807) is 0 Å². The topological polar surface area (TPSA) is 38.7 Å². The molecule has 3 nitrogen and oxygen atoms in total. The van der Waals surface area contributed by atoms with E-state index in [2.05, 4.69) is 6.92 Å². The molecule has 0 fully saturated rings. The minimum atomic E-state index is -0.345. The lowest BCUT2D eigenvalue weighted by Crippen LogP contribution is -2.18. The Labute approximate surface area is 95.0 Å². The molecule has 2 aliphatic rings. The van der Waals surface area contributed by atoms with Gasteiger partial charge in [0.2, 0.25) is 0 Å². The van der Waals surface area contributed by atoms with E-state index >= 15 is 0 Å². The van der Waals surface area contributed by atoms with Crippen molar-refractivity contribution in [3.63, 3.8) is 0 Å². The highest BCUT2D eigenvalue weighted by Gasteiger charge is 2.26. The fourth-order valence-corrected chi connectivity index (χ4v) is 2.55. The van der Waals surface area contributed by atoms with Gasteiger partial charge in [-0.15, -0.1) is 0 Å². The Hall–Kier alpha value is -1.22. The Morgan fingerprint density at radius 3 is 2.38 bits per heavy atom. The van der Waals surface area contributed by atoms with Crippen molar-refractivity contribution in [2.75, 3.05) is 13.2 Å². The number of benzene rings is 1. The molecule has 0 bridgehead atoms. The summed E-state index contributed by atoms with van der Waals surface area (Å²) in [5.74, 6) is 2.10. The molecule has 1 aliphatic heterocycles. The van der Waals surface area contributed by atoms with Crippen LogP contribution in [0.2, 0.25) is 0 Å². The second kappa shape index (κ2) is 3.67. The van der Waals surface area contributed by atoms with Crippen molar-refractivity contribution >= 4 is 0 Å². The largest absolute Gasteiger partial charge is 0.486 e. The highest BCUT2D eigenvalue weighted by atomic mass is 16.6. The summed E-state index contributed by atoms with van der Waals surface area (Å²) >= 11 is 0. The average molecular weight is 220 g/mol. The van der Waals surface area contributed by atoms with Gasteiger partial charge in [-0.3, -0.25) is 0 Å². The van der Waals surface area contributed by atoms with Gasteiger partial charge in [0.1, 0.15) is 13.2 Å². The Kier molecular flexibility index (Phi) is 2.28. The molecule has 86 valence electrons. The van der Waals surface area contributed by atoms with E-state index in [0.717, 1.165) is 29.9 Å². The van der Waals surface area contributed by atoms with Gasteiger partial charge in [0, 0.05) is 0 Å². The maximum atomic E-state index is 9.98. The van der Waals surface area contributed by atoms with E-state index in [9.17, 15) is 5.11 Å². The molecule has 1 aliphatic carbocycles. The summed E-state index contributed by atoms with van der Waals surface area (Å²) in [5.41, 5.74) is 2.23. The summed E-state index contributed by atoms with van der Waals surface area (Å²) in [7, 11) is 0. The summed E-state index contributed by atoms with van der Waals surface area (Å²) in [5, 5.41) is 9.98. The first-order valence-electron chi connectivity index (χ1n) is 5.87. The van der Waals surface area contributed by atoms with E-state index in [-0.39, 0.29) is 6.10 Å². The summed E-state index contributed by atoms with van der Waals surface area (Å²) in [6, 6.07) is 3.99. The molecule has 1 N–H and O–H groups in total. The summed E-state index contributed by atoms with van der Waals surface area (Å²) in [4.78, 5) is 0. The van der Waals surface area contributed by atoms with Gasteiger partial charge in [-0.05, 0) is 42.0 Å². The Balaban J connectivity index is 2.11. The Morgan fingerprint density at radius 2 is 1.69 bits per heavy atom. The number of rotatable bonds is 0. The van der Waals surface area contributed by atoms with Crippen LogP contribution < -0.4 is 9.47 Å². The molecule has 1 aromatic rings. The number of aliphatic hydroxyl groups excluding tert-OH is 1. The zero-order valence-electron chi connectivity index (χ0n) is 9.40. The molecule has 0 radical (unpaired) electrons. The number of hydrogen-bond acceptors (Lipinski definition) is 3. The van der Waals surface area contributed by atoms with E-state index in [0.29, 0.717) is 19.1 Å². The van der Waals surface area contributed by atoms with E-state index < -0.39 is 0 Å². The minimum Gasteiger partial charge on any atom is -0.486 e. The lowest BCUT2D eigenvalue weighted by Gasteiger charge is -2.29. The molecule has 3 heteroatoms. The molecule has 0 saturated heterocycles. The van der Waals surface area contributed by atoms with Crippen LogP contribution in [0.5, 0.6) is 11.5 Å². The van der Waals surface area contributed by atoms with E-state index in [1.807, 2.05) is 12.1 Å². The first-order chi connectivity index (χ1) is 7.75. The fourth-order valence-electron chi connectivity index (χ4n) is 2.55. The SMILES string of the molecule is CC1CC[C@H](O)c2cc3c(cc21)OCCO3. The predicted molar refractivity (Wildman–Crippen MR) is 60.0 cm³/mol. The van der Waals surface area contributed by atoms with Crippen LogP contribution in [0.25, 0.3) is 0 Å². The van der Waals surface area contributed by atoms with Crippen molar-refractivity contribution in [2.45, 2.75) is 31.8 Å². The maximum Gasteiger partial charge on any atom is 0.161 e. The van der Waals surface area contributed by atoms with Gasteiger partial charge in [0.05, 0.1) is 6.10 Å². The van der Waals surface area contributed by atoms with E-state index in [4.69, 9.17) is 9.47 Å². The molecule has 1 aromatic carbocycles. The molecule has 0 amide bonds. The summed E-state index contributed by atoms with van der Waals surface area (Å²) in [6.45, 7) is 3.40. The lowest BCUT2D eigenvalue weighted by molar-refractivity contribution is 0.146. The number of ether oxygens (including phenoxy) is 2. The fraction of sp³-hybridized carbons (Fsp3) is 0.538. The molecule has 1 unspecified atom stereocenters. The number of hydrogen-bond donors (Lipinski definition) is 1. The quantitative estimate of drug-likeness (QED) is 0.729. The van der Waals surface area contributed by atoms with Crippen LogP contribution in [-0.4, -0.2) is 18.3 Å². The van der Waals surface area contributed by atoms with Gasteiger partial charge in [-0.2, -0.15) is 0 Å². The van der Waals surface area contributed by atoms with Crippen molar-refractivity contribution in [1.82, 2.24) is 0 Å². The predicted octanol–water partition coefficient (Wildman–Crippen LogP) is 2.39. The first-order valence-corrected chi connectivity index (χ1v) is 5.87. The second-order valence-corrected chi connectivity index (χ2v) is 4.62. The van der Waals surface area contributed by atoms with Crippen LogP contribution in [0, 0.1) is 0 Å². The van der Waals surface area contributed by atoms with Crippen LogP contribution in [0.3, 0.4) is 0 Å². The normalized spacial score (nSPS) is 27.4. The Bertz CT molecular complexity index is 375. The molecule has 2 atom stereocenters. The highest BCUT2D eigenvalue weighted by molar-refractivity contribution is 5.50. The molecular weight excluding hydrogens is 204 g/mol. The summed E-state index contributed by atoms with van der Waals surface area (Å²) in [6.07, 6.45) is 1.53. The van der Waals surface area contributed by atoms with Crippen molar-refractivity contribution in [2.24, 2.45) is 0 Å². The van der Waals surface area contributed by atoms with Crippen molar-refractivity contribution in [3.8, 4) is 11.5 Å².